The van der Waals surface area contributed by atoms with Gasteiger partial charge in [0.1, 0.15) is 16.8 Å². The average molecular weight is 272 g/mol. The molecule has 0 unspecified atom stereocenters. The van der Waals surface area contributed by atoms with E-state index in [0.29, 0.717) is 5.15 Å². The van der Waals surface area contributed by atoms with Gasteiger partial charge in [0.05, 0.1) is 0 Å². The van der Waals surface area contributed by atoms with E-state index in [0.717, 1.165) is 37.4 Å². The van der Waals surface area contributed by atoms with Gasteiger partial charge >= 0.3 is 0 Å². The molecule has 0 saturated carbocycles. The van der Waals surface area contributed by atoms with E-state index in [4.69, 9.17) is 16.7 Å². The summed E-state index contributed by atoms with van der Waals surface area (Å²) in [5, 5.41) is 12.7. The van der Waals surface area contributed by atoms with Crippen molar-refractivity contribution in [1.29, 1.82) is 0 Å². The fraction of sp³-hybridized carbons (Fsp3) is 0.692. The summed E-state index contributed by atoms with van der Waals surface area (Å²) < 4.78 is 0. The average Bonchev–Trinajstić information content (AvgIpc) is 2.26. The first-order chi connectivity index (χ1) is 8.46. The lowest BCUT2D eigenvalue weighted by molar-refractivity contribution is 0.220. The van der Waals surface area contributed by atoms with E-state index in [2.05, 4.69) is 36.1 Å². The molecule has 0 radical (unpaired) electrons. The molecule has 1 heterocycles. The van der Waals surface area contributed by atoms with Gasteiger partial charge in [0.25, 0.3) is 0 Å². The maximum Gasteiger partial charge on any atom is 0.134 e. The van der Waals surface area contributed by atoms with Crippen LogP contribution in [0.25, 0.3) is 0 Å². The number of halogens is 1. The first kappa shape index (κ1) is 15.2. The number of hydrogen-bond acceptors (Lipinski definition) is 4. The van der Waals surface area contributed by atoms with Crippen LogP contribution in [-0.4, -0.2) is 28.2 Å². The molecule has 4 nitrogen and oxygen atoms in total. The van der Waals surface area contributed by atoms with Crippen molar-refractivity contribution in [3.8, 4) is 0 Å². The van der Waals surface area contributed by atoms with E-state index in [1.54, 1.807) is 6.07 Å². The molecular formula is C13H22ClN3O. The van der Waals surface area contributed by atoms with Gasteiger partial charge in [-0.1, -0.05) is 32.4 Å². The van der Waals surface area contributed by atoms with Crippen molar-refractivity contribution in [2.75, 3.05) is 18.5 Å². The highest BCUT2D eigenvalue weighted by atomic mass is 35.5. The molecule has 0 saturated heterocycles. The van der Waals surface area contributed by atoms with Crippen molar-refractivity contribution in [2.45, 2.75) is 40.0 Å². The van der Waals surface area contributed by atoms with Crippen LogP contribution in [0.4, 0.5) is 5.82 Å². The van der Waals surface area contributed by atoms with E-state index in [1.807, 2.05) is 0 Å². The molecule has 102 valence electrons. The Morgan fingerprint density at radius 3 is 2.72 bits per heavy atom. The standard InChI is InChI=1S/C13H22ClN3O/c1-4-5-11-16-10(14)8-12(17-11)15-9-13(2,3)6-7-18/h8,18H,4-7,9H2,1-3H3,(H,15,16,17). The molecule has 1 aromatic rings. The van der Waals surface area contributed by atoms with E-state index >= 15 is 0 Å². The zero-order valence-electron chi connectivity index (χ0n) is 11.3. The minimum atomic E-state index is 0.0249. The number of aromatic nitrogens is 2. The van der Waals surface area contributed by atoms with Gasteiger partial charge in [0, 0.05) is 25.6 Å². The van der Waals surface area contributed by atoms with Gasteiger partial charge < -0.3 is 10.4 Å². The Labute approximate surface area is 114 Å². The maximum atomic E-state index is 8.98. The Morgan fingerprint density at radius 2 is 2.11 bits per heavy atom. The zero-order valence-corrected chi connectivity index (χ0v) is 12.1. The van der Waals surface area contributed by atoms with Crippen LogP contribution in [0.1, 0.15) is 39.4 Å². The number of hydrogen-bond donors (Lipinski definition) is 2. The van der Waals surface area contributed by atoms with Crippen molar-refractivity contribution >= 4 is 17.4 Å². The second-order valence-electron chi connectivity index (χ2n) is 5.23. The Bertz CT molecular complexity index is 382. The molecule has 0 aliphatic rings. The lowest BCUT2D eigenvalue weighted by Crippen LogP contribution is -2.24. The highest BCUT2D eigenvalue weighted by molar-refractivity contribution is 6.29. The van der Waals surface area contributed by atoms with Crippen LogP contribution in [0.15, 0.2) is 6.07 Å². The molecule has 5 heteroatoms. The number of nitrogens with zero attached hydrogens (tertiary/aromatic N) is 2. The smallest absolute Gasteiger partial charge is 0.134 e. The molecule has 0 amide bonds. The van der Waals surface area contributed by atoms with Gasteiger partial charge in [-0.15, -0.1) is 0 Å². The topological polar surface area (TPSA) is 58.0 Å². The molecule has 0 atom stereocenters. The summed E-state index contributed by atoms with van der Waals surface area (Å²) in [6.45, 7) is 7.23. The summed E-state index contributed by atoms with van der Waals surface area (Å²) in [4.78, 5) is 8.60. The first-order valence-electron chi connectivity index (χ1n) is 6.35. The van der Waals surface area contributed by atoms with Crippen LogP contribution in [-0.2, 0) is 6.42 Å². The molecule has 1 aromatic heterocycles. The monoisotopic (exact) mass is 271 g/mol. The number of aliphatic hydroxyl groups excluding tert-OH is 1. The van der Waals surface area contributed by atoms with Crippen molar-refractivity contribution in [1.82, 2.24) is 9.97 Å². The van der Waals surface area contributed by atoms with Gasteiger partial charge in [-0.05, 0) is 18.3 Å². The predicted octanol–water partition coefficient (Wildman–Crippen LogP) is 2.90. The van der Waals surface area contributed by atoms with Crippen LogP contribution in [0.5, 0.6) is 0 Å². The van der Waals surface area contributed by atoms with Gasteiger partial charge in [-0.25, -0.2) is 9.97 Å². The van der Waals surface area contributed by atoms with Crippen molar-refractivity contribution in [2.24, 2.45) is 5.41 Å². The number of aryl methyl sites for hydroxylation is 1. The quantitative estimate of drug-likeness (QED) is 0.749. The van der Waals surface area contributed by atoms with Crippen molar-refractivity contribution in [3.63, 3.8) is 0 Å². The largest absolute Gasteiger partial charge is 0.396 e. The third-order valence-electron chi connectivity index (χ3n) is 2.75. The Kier molecular flexibility index (Phi) is 5.82. The third-order valence-corrected chi connectivity index (χ3v) is 2.95. The summed E-state index contributed by atoms with van der Waals surface area (Å²) in [6, 6.07) is 1.73. The lowest BCUT2D eigenvalue weighted by Gasteiger charge is -2.24. The van der Waals surface area contributed by atoms with Gasteiger partial charge in [-0.3, -0.25) is 0 Å². The molecule has 0 aliphatic carbocycles. The highest BCUT2D eigenvalue weighted by Crippen LogP contribution is 2.21. The second-order valence-corrected chi connectivity index (χ2v) is 5.62. The molecule has 1 rings (SSSR count). The van der Waals surface area contributed by atoms with Crippen LogP contribution in [0.3, 0.4) is 0 Å². The van der Waals surface area contributed by atoms with Crippen LogP contribution >= 0.6 is 11.6 Å². The number of aliphatic hydroxyl groups is 1. The summed E-state index contributed by atoms with van der Waals surface area (Å²) in [5.41, 5.74) is 0.0249. The Morgan fingerprint density at radius 1 is 1.39 bits per heavy atom. The molecule has 0 fully saturated rings. The van der Waals surface area contributed by atoms with Gasteiger partial charge in [0.2, 0.25) is 0 Å². The normalized spacial score (nSPS) is 11.6. The Hall–Kier alpha value is -0.870. The summed E-state index contributed by atoms with van der Waals surface area (Å²) in [5.74, 6) is 1.52. The molecule has 0 aliphatic heterocycles. The van der Waals surface area contributed by atoms with Crippen molar-refractivity contribution < 1.29 is 5.11 Å². The lowest BCUT2D eigenvalue weighted by atomic mass is 9.90. The van der Waals surface area contributed by atoms with E-state index < -0.39 is 0 Å². The Balaban J connectivity index is 2.66. The van der Waals surface area contributed by atoms with Crippen LogP contribution < -0.4 is 5.32 Å². The molecule has 2 N–H and O–H groups in total. The summed E-state index contributed by atoms with van der Waals surface area (Å²) >= 11 is 5.97. The first-order valence-corrected chi connectivity index (χ1v) is 6.73. The van der Waals surface area contributed by atoms with E-state index in [1.165, 1.54) is 0 Å². The van der Waals surface area contributed by atoms with Crippen LogP contribution in [0, 0.1) is 5.41 Å². The van der Waals surface area contributed by atoms with E-state index in [-0.39, 0.29) is 12.0 Å². The third kappa shape index (κ3) is 5.19. The number of nitrogens with one attached hydrogen (secondary N) is 1. The minimum absolute atomic E-state index is 0.0249. The second kappa shape index (κ2) is 6.90. The number of anilines is 1. The number of rotatable bonds is 7. The molecular weight excluding hydrogens is 250 g/mol. The fourth-order valence-corrected chi connectivity index (χ4v) is 1.81. The van der Waals surface area contributed by atoms with E-state index in [9.17, 15) is 0 Å². The SMILES string of the molecule is CCCc1nc(Cl)cc(NCC(C)(C)CCO)n1. The minimum Gasteiger partial charge on any atom is -0.396 e. The van der Waals surface area contributed by atoms with Crippen LogP contribution in [0.2, 0.25) is 5.15 Å². The predicted molar refractivity (Wildman–Crippen MR) is 75.0 cm³/mol. The fourth-order valence-electron chi connectivity index (χ4n) is 1.61. The molecule has 0 bridgehead atoms. The maximum absolute atomic E-state index is 8.98. The van der Waals surface area contributed by atoms with Crippen molar-refractivity contribution in [3.05, 3.63) is 17.0 Å². The summed E-state index contributed by atoms with van der Waals surface area (Å²) in [7, 11) is 0. The molecule has 0 aromatic carbocycles. The van der Waals surface area contributed by atoms with Gasteiger partial charge in [-0.2, -0.15) is 0 Å². The molecule has 18 heavy (non-hydrogen) atoms. The molecule has 0 spiro atoms. The zero-order chi connectivity index (χ0) is 13.6. The van der Waals surface area contributed by atoms with Gasteiger partial charge in [0.15, 0.2) is 0 Å². The summed E-state index contributed by atoms with van der Waals surface area (Å²) in [6.07, 6.45) is 2.58. The highest BCUT2D eigenvalue weighted by Gasteiger charge is 2.17.